The second kappa shape index (κ2) is 9.74. The number of carbonyl (C=O) groups excluding carboxylic acids is 1. The van der Waals surface area contributed by atoms with Crippen molar-refractivity contribution in [3.8, 4) is 0 Å². The van der Waals surface area contributed by atoms with E-state index in [1.54, 1.807) is 0 Å². The minimum Gasteiger partial charge on any atom is -0.318 e. The molecule has 0 fully saturated rings. The van der Waals surface area contributed by atoms with Gasteiger partial charge < -0.3 is 5.73 Å². The molecule has 2 N–H and O–H groups in total. The lowest BCUT2D eigenvalue weighted by Crippen LogP contribution is -2.21. The Hall–Kier alpha value is -1.15. The summed E-state index contributed by atoms with van der Waals surface area (Å²) in [6, 6.07) is 9.20. The zero-order valence-corrected chi connectivity index (χ0v) is 12.1. The molecule has 0 amide bonds. The number of Topliss-reactive ketones (excluding diaryl/α,β-unsaturated/α-hetero) is 1. The lowest BCUT2D eigenvalue weighted by Gasteiger charge is -2.10. The minimum absolute atomic E-state index is 0.166. The Morgan fingerprint density at radius 2 is 1.58 bits per heavy atom. The first-order chi connectivity index (χ1) is 9.25. The summed E-state index contributed by atoms with van der Waals surface area (Å²) in [6.07, 6.45) is 9.23. The molecular weight excluding hydrogens is 234 g/mol. The lowest BCUT2D eigenvalue weighted by atomic mass is 9.99. The number of hydrogen-bond donors (Lipinski definition) is 1. The van der Waals surface area contributed by atoms with Gasteiger partial charge >= 0.3 is 0 Å². The molecule has 0 spiro atoms. The van der Waals surface area contributed by atoms with Gasteiger partial charge in [0.1, 0.15) is 0 Å². The van der Waals surface area contributed by atoms with Gasteiger partial charge in [-0.2, -0.15) is 0 Å². The molecule has 0 saturated heterocycles. The van der Waals surface area contributed by atoms with Gasteiger partial charge in [-0.15, -0.1) is 0 Å². The summed E-state index contributed by atoms with van der Waals surface area (Å²) in [5.41, 5.74) is 6.90. The summed E-state index contributed by atoms with van der Waals surface area (Å²) >= 11 is 0. The van der Waals surface area contributed by atoms with E-state index in [2.05, 4.69) is 6.92 Å². The highest BCUT2D eigenvalue weighted by Gasteiger charge is 2.14. The average Bonchev–Trinajstić information content (AvgIpc) is 2.46. The number of benzene rings is 1. The first kappa shape index (κ1) is 15.9. The normalized spacial score (nSPS) is 12.3. The zero-order valence-electron chi connectivity index (χ0n) is 12.1. The first-order valence-electron chi connectivity index (χ1n) is 7.59. The second-order valence-corrected chi connectivity index (χ2v) is 5.23. The number of carbonyl (C=O) groups is 1. The van der Waals surface area contributed by atoms with Gasteiger partial charge in [0.15, 0.2) is 5.78 Å². The summed E-state index contributed by atoms with van der Waals surface area (Å²) in [4.78, 5) is 12.0. The SMILES string of the molecule is CCCCCCCCCC(=O)[C@H](N)c1ccccc1. The second-order valence-electron chi connectivity index (χ2n) is 5.23. The Bertz CT molecular complexity index is 348. The molecule has 0 saturated carbocycles. The number of rotatable bonds is 10. The Morgan fingerprint density at radius 3 is 2.21 bits per heavy atom. The van der Waals surface area contributed by atoms with E-state index in [4.69, 9.17) is 5.73 Å². The summed E-state index contributed by atoms with van der Waals surface area (Å²) in [6.45, 7) is 2.23. The van der Waals surface area contributed by atoms with Gasteiger partial charge in [0.05, 0.1) is 6.04 Å². The lowest BCUT2D eigenvalue weighted by molar-refractivity contribution is -0.120. The number of ketones is 1. The van der Waals surface area contributed by atoms with Crippen molar-refractivity contribution in [2.45, 2.75) is 64.3 Å². The maximum absolute atomic E-state index is 12.0. The van der Waals surface area contributed by atoms with Crippen LogP contribution in [0.25, 0.3) is 0 Å². The predicted octanol–water partition coefficient (Wildman–Crippen LogP) is 4.40. The molecule has 0 aliphatic carbocycles. The molecular formula is C17H27NO. The fourth-order valence-electron chi connectivity index (χ4n) is 2.26. The van der Waals surface area contributed by atoms with Crippen LogP contribution in [-0.2, 0) is 4.79 Å². The highest BCUT2D eigenvalue weighted by atomic mass is 16.1. The van der Waals surface area contributed by atoms with Gasteiger partial charge in [0.2, 0.25) is 0 Å². The van der Waals surface area contributed by atoms with Crippen molar-refractivity contribution < 1.29 is 4.79 Å². The average molecular weight is 261 g/mol. The van der Waals surface area contributed by atoms with Crippen LogP contribution in [0, 0.1) is 0 Å². The van der Waals surface area contributed by atoms with E-state index in [1.165, 1.54) is 32.1 Å². The molecule has 106 valence electrons. The molecule has 0 unspecified atom stereocenters. The summed E-state index contributed by atoms with van der Waals surface area (Å²) < 4.78 is 0. The summed E-state index contributed by atoms with van der Waals surface area (Å²) in [5.74, 6) is 0.166. The molecule has 1 aromatic rings. The maximum atomic E-state index is 12.0. The van der Waals surface area contributed by atoms with Crippen LogP contribution in [0.3, 0.4) is 0 Å². The van der Waals surface area contributed by atoms with Crippen LogP contribution in [0.5, 0.6) is 0 Å². The summed E-state index contributed by atoms with van der Waals surface area (Å²) in [7, 11) is 0. The first-order valence-corrected chi connectivity index (χ1v) is 7.59. The number of nitrogens with two attached hydrogens (primary N) is 1. The van der Waals surface area contributed by atoms with Crippen molar-refractivity contribution in [1.29, 1.82) is 0 Å². The Morgan fingerprint density at radius 1 is 1.00 bits per heavy atom. The Balaban J connectivity index is 2.14. The van der Waals surface area contributed by atoms with Crippen molar-refractivity contribution >= 4 is 5.78 Å². The van der Waals surface area contributed by atoms with E-state index in [-0.39, 0.29) is 5.78 Å². The van der Waals surface area contributed by atoms with Gasteiger partial charge in [0.25, 0.3) is 0 Å². The van der Waals surface area contributed by atoms with Crippen LogP contribution in [0.15, 0.2) is 30.3 Å². The van der Waals surface area contributed by atoms with E-state index in [1.807, 2.05) is 30.3 Å². The van der Waals surface area contributed by atoms with Gasteiger partial charge in [-0.05, 0) is 12.0 Å². The highest BCUT2D eigenvalue weighted by Crippen LogP contribution is 2.15. The van der Waals surface area contributed by atoms with E-state index < -0.39 is 6.04 Å². The number of hydrogen-bond acceptors (Lipinski definition) is 2. The van der Waals surface area contributed by atoms with Crippen LogP contribution < -0.4 is 5.73 Å². The quantitative estimate of drug-likeness (QED) is 0.634. The van der Waals surface area contributed by atoms with Crippen molar-refractivity contribution in [1.82, 2.24) is 0 Å². The van der Waals surface area contributed by atoms with Gasteiger partial charge in [-0.25, -0.2) is 0 Å². The summed E-state index contributed by atoms with van der Waals surface area (Å²) in [5, 5.41) is 0. The van der Waals surface area contributed by atoms with Crippen LogP contribution in [0.1, 0.15) is 69.9 Å². The van der Waals surface area contributed by atoms with Crippen LogP contribution >= 0.6 is 0 Å². The Kier molecular flexibility index (Phi) is 8.15. The topological polar surface area (TPSA) is 43.1 Å². The number of unbranched alkanes of at least 4 members (excludes halogenated alkanes) is 6. The van der Waals surface area contributed by atoms with Gasteiger partial charge in [0, 0.05) is 6.42 Å². The molecule has 0 aliphatic rings. The van der Waals surface area contributed by atoms with Crippen molar-refractivity contribution in [3.63, 3.8) is 0 Å². The third-order valence-corrected chi connectivity index (χ3v) is 3.53. The molecule has 0 aromatic heterocycles. The zero-order chi connectivity index (χ0) is 13.9. The largest absolute Gasteiger partial charge is 0.318 e. The van der Waals surface area contributed by atoms with Gasteiger partial charge in [-0.1, -0.05) is 75.8 Å². The molecule has 0 bridgehead atoms. The molecule has 0 radical (unpaired) electrons. The monoisotopic (exact) mass is 261 g/mol. The minimum atomic E-state index is -0.443. The molecule has 0 heterocycles. The van der Waals surface area contributed by atoms with Crippen molar-refractivity contribution in [2.24, 2.45) is 5.73 Å². The van der Waals surface area contributed by atoms with E-state index >= 15 is 0 Å². The molecule has 2 heteroatoms. The standard InChI is InChI=1S/C17H27NO/c1-2-3-4-5-6-7-11-14-16(19)17(18)15-12-9-8-10-13-15/h8-10,12-13,17H,2-7,11,14,18H2,1H3/t17-/m1/s1. The van der Waals surface area contributed by atoms with E-state index in [9.17, 15) is 4.79 Å². The van der Waals surface area contributed by atoms with Crippen LogP contribution in [0.2, 0.25) is 0 Å². The fraction of sp³-hybridized carbons (Fsp3) is 0.588. The van der Waals surface area contributed by atoms with Crippen molar-refractivity contribution in [2.75, 3.05) is 0 Å². The van der Waals surface area contributed by atoms with Crippen LogP contribution in [0.4, 0.5) is 0 Å². The van der Waals surface area contributed by atoms with Crippen molar-refractivity contribution in [3.05, 3.63) is 35.9 Å². The van der Waals surface area contributed by atoms with E-state index in [0.717, 1.165) is 18.4 Å². The van der Waals surface area contributed by atoms with E-state index in [0.29, 0.717) is 6.42 Å². The molecule has 1 atom stereocenters. The van der Waals surface area contributed by atoms with Gasteiger partial charge in [-0.3, -0.25) is 4.79 Å². The Labute approximate surface area is 117 Å². The molecule has 0 aliphatic heterocycles. The molecule has 1 rings (SSSR count). The molecule has 2 nitrogen and oxygen atoms in total. The third kappa shape index (κ3) is 6.53. The maximum Gasteiger partial charge on any atom is 0.154 e. The third-order valence-electron chi connectivity index (χ3n) is 3.53. The van der Waals surface area contributed by atoms with Crippen LogP contribution in [-0.4, -0.2) is 5.78 Å². The molecule has 1 aromatic carbocycles. The fourth-order valence-corrected chi connectivity index (χ4v) is 2.26. The smallest absolute Gasteiger partial charge is 0.154 e. The highest BCUT2D eigenvalue weighted by molar-refractivity contribution is 5.84. The predicted molar refractivity (Wildman–Crippen MR) is 81.0 cm³/mol. The molecule has 19 heavy (non-hydrogen) atoms.